The molecular formula is C23H26N4O3. The number of hydrogen-bond acceptors (Lipinski definition) is 5. The molecule has 5 rings (SSSR count). The number of aryl methyl sites for hydroxylation is 1. The Morgan fingerprint density at radius 2 is 2.03 bits per heavy atom. The number of nitrogens with zero attached hydrogens (tertiary/aromatic N) is 4. The van der Waals surface area contributed by atoms with Gasteiger partial charge in [0.1, 0.15) is 5.65 Å². The number of aromatic hydroxyl groups is 1. The number of pyridine rings is 1. The second-order valence-corrected chi connectivity index (χ2v) is 8.95. The van der Waals surface area contributed by atoms with Gasteiger partial charge in [0.05, 0.1) is 18.3 Å². The number of Topliss-reactive ketones (excluding diaryl/α,β-unsaturated/α-hetero) is 1. The number of rotatable bonds is 6. The van der Waals surface area contributed by atoms with Gasteiger partial charge in [0, 0.05) is 24.2 Å². The number of carbonyl (C=O) groups is 1. The molecule has 3 aromatic heterocycles. The Kier molecular flexibility index (Phi) is 4.49. The van der Waals surface area contributed by atoms with Crippen LogP contribution in [0.2, 0.25) is 0 Å². The minimum absolute atomic E-state index is 0.137. The van der Waals surface area contributed by atoms with E-state index in [9.17, 15) is 14.7 Å². The van der Waals surface area contributed by atoms with Gasteiger partial charge in [-0.05, 0) is 56.2 Å². The molecule has 0 bridgehead atoms. The lowest BCUT2D eigenvalue weighted by Crippen LogP contribution is -2.37. The van der Waals surface area contributed by atoms with Gasteiger partial charge in [0.2, 0.25) is 0 Å². The normalized spacial score (nSPS) is 18.2. The van der Waals surface area contributed by atoms with Crippen LogP contribution in [0, 0.1) is 12.8 Å². The van der Waals surface area contributed by atoms with E-state index in [1.165, 1.54) is 11.8 Å². The van der Waals surface area contributed by atoms with E-state index in [0.29, 0.717) is 18.9 Å². The van der Waals surface area contributed by atoms with E-state index in [1.807, 2.05) is 6.07 Å². The maximum Gasteiger partial charge on any atom is 0.252 e. The molecule has 0 spiro atoms. The maximum absolute atomic E-state index is 12.6. The van der Waals surface area contributed by atoms with Crippen LogP contribution in [0.15, 0.2) is 35.5 Å². The summed E-state index contributed by atoms with van der Waals surface area (Å²) in [4.78, 5) is 29.6. The molecule has 0 amide bonds. The molecule has 0 atom stereocenters. The second-order valence-electron chi connectivity index (χ2n) is 8.95. The van der Waals surface area contributed by atoms with Crippen molar-refractivity contribution in [1.29, 1.82) is 0 Å². The third-order valence-electron chi connectivity index (χ3n) is 6.65. The summed E-state index contributed by atoms with van der Waals surface area (Å²) in [5, 5.41) is 15.8. The molecule has 0 radical (unpaired) electrons. The van der Waals surface area contributed by atoms with Crippen LogP contribution in [0.25, 0.3) is 11.0 Å². The molecule has 3 heterocycles. The average molecular weight is 406 g/mol. The van der Waals surface area contributed by atoms with Gasteiger partial charge in [-0.25, -0.2) is 4.98 Å². The van der Waals surface area contributed by atoms with Gasteiger partial charge in [-0.3, -0.25) is 14.3 Å². The molecule has 2 aliphatic carbocycles. The lowest BCUT2D eigenvalue weighted by atomic mass is 9.97. The Hall–Kier alpha value is -2.96. The van der Waals surface area contributed by atoms with Crippen LogP contribution in [0.4, 0.5) is 0 Å². The molecule has 3 aromatic rings. The zero-order valence-electron chi connectivity index (χ0n) is 17.2. The van der Waals surface area contributed by atoms with Gasteiger partial charge in [-0.15, -0.1) is 0 Å². The Bertz CT molecular complexity index is 1180. The SMILES string of the molecule is Cc1cn(C2(Cn3cc(O)c(=O)c(C(=O)CC4CC4)n3)CCCC2)c2ncccc12. The topological polar surface area (TPSA) is 90.0 Å². The summed E-state index contributed by atoms with van der Waals surface area (Å²) in [5.74, 6) is -0.323. The van der Waals surface area contributed by atoms with Crippen molar-refractivity contribution in [2.24, 2.45) is 5.92 Å². The van der Waals surface area contributed by atoms with Crippen molar-refractivity contribution >= 4 is 16.8 Å². The van der Waals surface area contributed by atoms with Crippen LogP contribution < -0.4 is 5.43 Å². The number of aromatic nitrogens is 4. The maximum atomic E-state index is 12.6. The van der Waals surface area contributed by atoms with Crippen molar-refractivity contribution in [3.63, 3.8) is 0 Å². The molecule has 7 heteroatoms. The third kappa shape index (κ3) is 3.22. The summed E-state index contributed by atoms with van der Waals surface area (Å²) in [6.07, 6.45) is 11.8. The molecule has 2 saturated carbocycles. The standard InChI is InChI=1S/C23H26N4O3/c1-15-12-27(22-17(15)5-4-10-24-22)23(8-2-3-9-23)14-26-13-19(29)21(30)20(25-26)18(28)11-16-6-7-16/h4-5,10,12-13,16,29H,2-3,6-9,11,14H2,1H3. The zero-order chi connectivity index (χ0) is 20.9. The number of carbonyl (C=O) groups excluding carboxylic acids is 1. The van der Waals surface area contributed by atoms with Crippen molar-refractivity contribution < 1.29 is 9.90 Å². The van der Waals surface area contributed by atoms with Crippen LogP contribution in [0.5, 0.6) is 5.75 Å². The Morgan fingerprint density at radius 1 is 1.27 bits per heavy atom. The lowest BCUT2D eigenvalue weighted by molar-refractivity contribution is 0.0965. The number of fused-ring (bicyclic) bond motifs is 1. The minimum Gasteiger partial charge on any atom is -0.503 e. The Morgan fingerprint density at radius 3 is 2.77 bits per heavy atom. The lowest BCUT2D eigenvalue weighted by Gasteiger charge is -2.32. The molecule has 2 aliphatic rings. The quantitative estimate of drug-likeness (QED) is 0.632. The number of hydrogen-bond donors (Lipinski definition) is 1. The van der Waals surface area contributed by atoms with E-state index in [0.717, 1.165) is 49.6 Å². The Balaban J connectivity index is 1.56. The number of ketones is 1. The summed E-state index contributed by atoms with van der Waals surface area (Å²) >= 11 is 0. The predicted molar refractivity (Wildman–Crippen MR) is 113 cm³/mol. The zero-order valence-corrected chi connectivity index (χ0v) is 17.2. The summed E-state index contributed by atoms with van der Waals surface area (Å²) in [7, 11) is 0. The first-order valence-corrected chi connectivity index (χ1v) is 10.7. The van der Waals surface area contributed by atoms with Gasteiger partial charge in [-0.2, -0.15) is 5.10 Å². The fourth-order valence-electron chi connectivity index (χ4n) is 4.86. The first kappa shape index (κ1) is 19.0. The molecule has 0 aromatic carbocycles. The molecule has 7 nitrogen and oxygen atoms in total. The summed E-state index contributed by atoms with van der Waals surface area (Å²) < 4.78 is 3.83. The summed E-state index contributed by atoms with van der Waals surface area (Å²) in [5.41, 5.74) is 1.04. The molecule has 2 fully saturated rings. The van der Waals surface area contributed by atoms with Crippen molar-refractivity contribution in [2.75, 3.05) is 0 Å². The molecule has 0 aliphatic heterocycles. The molecule has 30 heavy (non-hydrogen) atoms. The third-order valence-corrected chi connectivity index (χ3v) is 6.65. The van der Waals surface area contributed by atoms with Crippen LogP contribution in [-0.4, -0.2) is 30.2 Å². The molecule has 0 saturated heterocycles. The highest BCUT2D eigenvalue weighted by molar-refractivity contribution is 5.94. The van der Waals surface area contributed by atoms with Gasteiger partial charge in [-0.1, -0.05) is 12.8 Å². The highest BCUT2D eigenvalue weighted by Crippen LogP contribution is 2.41. The highest BCUT2D eigenvalue weighted by Gasteiger charge is 2.38. The van der Waals surface area contributed by atoms with E-state index in [2.05, 4.69) is 33.8 Å². The van der Waals surface area contributed by atoms with Crippen LogP contribution in [0.3, 0.4) is 0 Å². The predicted octanol–water partition coefficient (Wildman–Crippen LogP) is 3.56. The fourth-order valence-corrected chi connectivity index (χ4v) is 4.86. The summed E-state index contributed by atoms with van der Waals surface area (Å²) in [6, 6.07) is 4.02. The van der Waals surface area contributed by atoms with E-state index >= 15 is 0 Å². The smallest absolute Gasteiger partial charge is 0.252 e. The van der Waals surface area contributed by atoms with Crippen molar-refractivity contribution in [1.82, 2.24) is 19.3 Å². The molecule has 156 valence electrons. The van der Waals surface area contributed by atoms with Crippen molar-refractivity contribution in [3.8, 4) is 5.75 Å². The van der Waals surface area contributed by atoms with Crippen LogP contribution in [-0.2, 0) is 12.1 Å². The molecular weight excluding hydrogens is 380 g/mol. The second kappa shape index (κ2) is 7.07. The fraction of sp³-hybridized carbons (Fsp3) is 0.478. The van der Waals surface area contributed by atoms with Gasteiger partial charge in [0.15, 0.2) is 17.2 Å². The molecule has 1 N–H and O–H groups in total. The first-order valence-electron chi connectivity index (χ1n) is 10.7. The van der Waals surface area contributed by atoms with Crippen molar-refractivity contribution in [2.45, 2.75) is 64.0 Å². The van der Waals surface area contributed by atoms with Crippen LogP contribution in [0.1, 0.15) is 61.0 Å². The Labute approximate surface area is 174 Å². The minimum atomic E-state index is -0.665. The van der Waals surface area contributed by atoms with Gasteiger partial charge >= 0.3 is 0 Å². The highest BCUT2D eigenvalue weighted by atomic mass is 16.3. The van der Waals surface area contributed by atoms with Crippen LogP contribution >= 0.6 is 0 Å². The van der Waals surface area contributed by atoms with E-state index < -0.39 is 11.2 Å². The largest absolute Gasteiger partial charge is 0.503 e. The monoisotopic (exact) mass is 406 g/mol. The van der Waals surface area contributed by atoms with Crippen molar-refractivity contribution in [3.05, 3.63) is 52.2 Å². The molecule has 0 unspecified atom stereocenters. The van der Waals surface area contributed by atoms with E-state index in [-0.39, 0.29) is 17.0 Å². The first-order chi connectivity index (χ1) is 14.5. The van der Waals surface area contributed by atoms with E-state index in [4.69, 9.17) is 0 Å². The van der Waals surface area contributed by atoms with Gasteiger partial charge < -0.3 is 9.67 Å². The van der Waals surface area contributed by atoms with E-state index in [1.54, 1.807) is 10.9 Å². The van der Waals surface area contributed by atoms with Gasteiger partial charge in [0.25, 0.3) is 5.43 Å². The average Bonchev–Trinajstić information content (AvgIpc) is 3.31. The summed E-state index contributed by atoms with van der Waals surface area (Å²) in [6.45, 7) is 2.56.